The Morgan fingerprint density at radius 1 is 0.889 bits per heavy atom. The zero-order valence-electron chi connectivity index (χ0n) is 12.3. The summed E-state index contributed by atoms with van der Waals surface area (Å²) in [6, 6.07) is 7.61. The van der Waals surface area contributed by atoms with Crippen LogP contribution in [0.2, 0.25) is 0 Å². The molecule has 1 aliphatic rings. The molecular formula is C14H24BNO2. The topological polar surface area (TPSA) is 44.5 Å². The Labute approximate surface area is 111 Å². The molecule has 0 aromatic heterocycles. The predicted octanol–water partition coefficient (Wildman–Crippen LogP) is 2.59. The molecule has 0 saturated carbocycles. The van der Waals surface area contributed by atoms with Crippen molar-refractivity contribution in [2.24, 2.45) is 0 Å². The Morgan fingerprint density at radius 3 is 1.67 bits per heavy atom. The Balaban J connectivity index is 0.000000771. The third kappa shape index (κ3) is 2.87. The van der Waals surface area contributed by atoms with Gasteiger partial charge in [0.2, 0.25) is 0 Å². The van der Waals surface area contributed by atoms with Crippen LogP contribution in [0.4, 0.5) is 5.69 Å². The van der Waals surface area contributed by atoms with Gasteiger partial charge in [0.1, 0.15) is 0 Å². The lowest BCUT2D eigenvalue weighted by Crippen LogP contribution is -2.41. The molecule has 1 aromatic carbocycles. The highest BCUT2D eigenvalue weighted by molar-refractivity contribution is 6.62. The SMILES string of the molecule is CC.CC1(C)OB(c2ccc(N)cc2)OC1(C)C. The number of anilines is 1. The first-order chi connectivity index (χ1) is 8.32. The number of hydrogen-bond donors (Lipinski definition) is 1. The van der Waals surface area contributed by atoms with Crippen LogP contribution < -0.4 is 11.2 Å². The van der Waals surface area contributed by atoms with Crippen molar-refractivity contribution in [3.63, 3.8) is 0 Å². The highest BCUT2D eigenvalue weighted by Gasteiger charge is 2.51. The summed E-state index contributed by atoms with van der Waals surface area (Å²) < 4.78 is 11.9. The van der Waals surface area contributed by atoms with E-state index in [1.54, 1.807) is 0 Å². The van der Waals surface area contributed by atoms with Crippen molar-refractivity contribution in [3.05, 3.63) is 24.3 Å². The summed E-state index contributed by atoms with van der Waals surface area (Å²) in [5.74, 6) is 0. The van der Waals surface area contributed by atoms with Crippen molar-refractivity contribution in [2.45, 2.75) is 52.7 Å². The summed E-state index contributed by atoms with van der Waals surface area (Å²) in [6.07, 6.45) is 0. The molecular weight excluding hydrogens is 225 g/mol. The normalized spacial score (nSPS) is 20.2. The van der Waals surface area contributed by atoms with Gasteiger partial charge in [0.15, 0.2) is 0 Å². The largest absolute Gasteiger partial charge is 0.494 e. The van der Waals surface area contributed by atoms with Gasteiger partial charge in [-0.25, -0.2) is 0 Å². The average molecular weight is 249 g/mol. The fourth-order valence-corrected chi connectivity index (χ4v) is 1.63. The van der Waals surface area contributed by atoms with Crippen LogP contribution in [0.3, 0.4) is 0 Å². The van der Waals surface area contributed by atoms with Gasteiger partial charge in [0.25, 0.3) is 0 Å². The highest BCUT2D eigenvalue weighted by Crippen LogP contribution is 2.36. The molecule has 0 radical (unpaired) electrons. The first-order valence-electron chi connectivity index (χ1n) is 6.53. The molecule has 1 aliphatic heterocycles. The number of hydrogen-bond acceptors (Lipinski definition) is 3. The molecule has 100 valence electrons. The van der Waals surface area contributed by atoms with Crippen molar-refractivity contribution in [1.29, 1.82) is 0 Å². The van der Waals surface area contributed by atoms with Crippen LogP contribution in [0.25, 0.3) is 0 Å². The maximum absolute atomic E-state index is 5.93. The second kappa shape index (κ2) is 5.33. The zero-order valence-corrected chi connectivity index (χ0v) is 12.3. The minimum atomic E-state index is -0.300. The quantitative estimate of drug-likeness (QED) is 0.614. The molecule has 18 heavy (non-hydrogen) atoms. The lowest BCUT2D eigenvalue weighted by atomic mass is 9.79. The van der Waals surface area contributed by atoms with E-state index in [1.165, 1.54) is 0 Å². The standard InChI is InChI=1S/C12H18BNO2.C2H6/c1-11(2)12(3,4)16-13(15-11)9-5-7-10(14)8-6-9;1-2/h5-8H,14H2,1-4H3;1-2H3. The minimum Gasteiger partial charge on any atom is -0.399 e. The Kier molecular flexibility index (Phi) is 4.46. The molecule has 0 bridgehead atoms. The van der Waals surface area contributed by atoms with E-state index in [1.807, 2.05) is 65.8 Å². The molecule has 0 amide bonds. The Bertz CT molecular complexity index is 371. The van der Waals surface area contributed by atoms with Crippen LogP contribution in [-0.4, -0.2) is 18.3 Å². The molecule has 1 heterocycles. The Hall–Kier alpha value is -0.995. The summed E-state index contributed by atoms with van der Waals surface area (Å²) in [6.45, 7) is 12.2. The molecule has 3 nitrogen and oxygen atoms in total. The van der Waals surface area contributed by atoms with E-state index in [4.69, 9.17) is 15.0 Å². The van der Waals surface area contributed by atoms with Crippen LogP contribution in [0.15, 0.2) is 24.3 Å². The second-order valence-electron chi connectivity index (χ2n) is 5.25. The first-order valence-corrected chi connectivity index (χ1v) is 6.53. The monoisotopic (exact) mass is 249 g/mol. The van der Waals surface area contributed by atoms with Crippen molar-refractivity contribution < 1.29 is 9.31 Å². The third-order valence-electron chi connectivity index (χ3n) is 3.46. The van der Waals surface area contributed by atoms with Crippen LogP contribution in [-0.2, 0) is 9.31 Å². The van der Waals surface area contributed by atoms with Crippen LogP contribution in [0.5, 0.6) is 0 Å². The van der Waals surface area contributed by atoms with Crippen molar-refractivity contribution in [1.82, 2.24) is 0 Å². The van der Waals surface area contributed by atoms with E-state index in [2.05, 4.69) is 0 Å². The lowest BCUT2D eigenvalue weighted by molar-refractivity contribution is 0.00578. The minimum absolute atomic E-state index is 0.293. The lowest BCUT2D eigenvalue weighted by Gasteiger charge is -2.32. The Morgan fingerprint density at radius 2 is 1.28 bits per heavy atom. The van der Waals surface area contributed by atoms with Gasteiger partial charge in [0.05, 0.1) is 11.2 Å². The predicted molar refractivity (Wildman–Crippen MR) is 77.9 cm³/mol. The van der Waals surface area contributed by atoms with E-state index < -0.39 is 0 Å². The van der Waals surface area contributed by atoms with Crippen molar-refractivity contribution >= 4 is 18.3 Å². The average Bonchev–Trinajstić information content (AvgIpc) is 2.52. The maximum atomic E-state index is 5.93. The van der Waals surface area contributed by atoms with E-state index in [9.17, 15) is 0 Å². The molecule has 1 fully saturated rings. The molecule has 0 spiro atoms. The number of benzene rings is 1. The molecule has 2 N–H and O–H groups in total. The smallest absolute Gasteiger partial charge is 0.399 e. The van der Waals surface area contributed by atoms with Gasteiger partial charge in [-0.1, -0.05) is 26.0 Å². The summed E-state index contributed by atoms with van der Waals surface area (Å²) in [5, 5.41) is 0. The van der Waals surface area contributed by atoms with Gasteiger partial charge in [-0.2, -0.15) is 0 Å². The molecule has 2 rings (SSSR count). The van der Waals surface area contributed by atoms with Gasteiger partial charge < -0.3 is 15.0 Å². The van der Waals surface area contributed by atoms with E-state index in [-0.39, 0.29) is 18.3 Å². The summed E-state index contributed by atoms with van der Waals surface area (Å²) in [5.41, 5.74) is 6.82. The van der Waals surface area contributed by atoms with Crippen LogP contribution in [0, 0.1) is 0 Å². The van der Waals surface area contributed by atoms with Gasteiger partial charge in [0, 0.05) is 5.69 Å². The molecule has 1 aromatic rings. The molecule has 1 saturated heterocycles. The highest BCUT2D eigenvalue weighted by atomic mass is 16.7. The molecule has 4 heteroatoms. The number of nitrogens with two attached hydrogens (primary N) is 1. The fraction of sp³-hybridized carbons (Fsp3) is 0.571. The molecule has 0 unspecified atom stereocenters. The summed E-state index contributed by atoms with van der Waals surface area (Å²) in [7, 11) is -0.300. The zero-order chi connectivity index (χ0) is 14.0. The summed E-state index contributed by atoms with van der Waals surface area (Å²) in [4.78, 5) is 0. The van der Waals surface area contributed by atoms with Crippen molar-refractivity contribution in [3.8, 4) is 0 Å². The van der Waals surface area contributed by atoms with Crippen molar-refractivity contribution in [2.75, 3.05) is 5.73 Å². The van der Waals surface area contributed by atoms with Gasteiger partial charge in [-0.3, -0.25) is 0 Å². The fourth-order valence-electron chi connectivity index (χ4n) is 1.63. The second-order valence-corrected chi connectivity index (χ2v) is 5.25. The van der Waals surface area contributed by atoms with E-state index in [0.29, 0.717) is 0 Å². The van der Waals surface area contributed by atoms with Gasteiger partial charge in [-0.05, 0) is 45.3 Å². The van der Waals surface area contributed by atoms with Gasteiger partial charge >= 0.3 is 7.12 Å². The number of rotatable bonds is 1. The maximum Gasteiger partial charge on any atom is 0.494 e. The van der Waals surface area contributed by atoms with E-state index in [0.717, 1.165) is 11.2 Å². The van der Waals surface area contributed by atoms with Crippen LogP contribution in [0.1, 0.15) is 41.5 Å². The molecule has 0 atom stereocenters. The van der Waals surface area contributed by atoms with Gasteiger partial charge in [-0.15, -0.1) is 0 Å². The number of nitrogen functional groups attached to an aromatic ring is 1. The van der Waals surface area contributed by atoms with Crippen LogP contribution >= 0.6 is 0 Å². The first kappa shape index (κ1) is 15.1. The molecule has 0 aliphatic carbocycles. The third-order valence-corrected chi connectivity index (χ3v) is 3.46. The van der Waals surface area contributed by atoms with E-state index >= 15 is 0 Å². The summed E-state index contributed by atoms with van der Waals surface area (Å²) >= 11 is 0.